The highest BCUT2D eigenvalue weighted by Crippen LogP contribution is 2.35. The Kier molecular flexibility index (Phi) is 5.50. The third-order valence-electron chi connectivity index (χ3n) is 6.54. The summed E-state index contributed by atoms with van der Waals surface area (Å²) < 4.78 is 18.8. The Morgan fingerprint density at radius 3 is 3.03 bits per heavy atom. The molecule has 4 heterocycles. The molecule has 1 saturated heterocycles. The topological polar surface area (TPSA) is 112 Å². The van der Waals surface area contributed by atoms with Crippen LogP contribution in [0.15, 0.2) is 42.7 Å². The number of nitrogens with zero attached hydrogens (tertiary/aromatic N) is 5. The van der Waals surface area contributed by atoms with Crippen LogP contribution in [0.5, 0.6) is 11.5 Å². The van der Waals surface area contributed by atoms with E-state index in [1.54, 1.807) is 6.33 Å². The molecule has 0 amide bonds. The number of nitrogens with one attached hydrogen (secondary N) is 2. The van der Waals surface area contributed by atoms with Crippen molar-refractivity contribution in [1.29, 1.82) is 0 Å². The van der Waals surface area contributed by atoms with E-state index in [4.69, 9.17) is 14.2 Å². The molecule has 0 saturated carbocycles. The third-order valence-corrected chi connectivity index (χ3v) is 6.54. The first kappa shape index (κ1) is 20.9. The summed E-state index contributed by atoms with van der Waals surface area (Å²) in [5.74, 6) is 2.56. The van der Waals surface area contributed by atoms with Crippen molar-refractivity contribution in [3.63, 3.8) is 0 Å². The van der Waals surface area contributed by atoms with E-state index in [2.05, 4.69) is 55.9 Å². The van der Waals surface area contributed by atoms with E-state index in [0.717, 1.165) is 59.9 Å². The lowest BCUT2D eigenvalue weighted by atomic mass is 9.92. The number of imidazole rings is 1. The summed E-state index contributed by atoms with van der Waals surface area (Å²) in [5.41, 5.74) is 4.06. The molecule has 0 bridgehead atoms. The smallest absolute Gasteiger partial charge is 0.231 e. The van der Waals surface area contributed by atoms with Gasteiger partial charge in [-0.25, -0.2) is 9.67 Å². The lowest BCUT2D eigenvalue weighted by Gasteiger charge is -2.26. The number of benzene rings is 2. The Bertz CT molecular complexity index is 1280. The number of H-pyrrole nitrogens is 1. The van der Waals surface area contributed by atoms with Crippen LogP contribution in [0.2, 0.25) is 0 Å². The summed E-state index contributed by atoms with van der Waals surface area (Å²) >= 11 is 0. The molecule has 3 unspecified atom stereocenters. The number of hydrogen-bond donors (Lipinski definition) is 2. The number of rotatable bonds is 8. The maximum Gasteiger partial charge on any atom is 0.231 e. The van der Waals surface area contributed by atoms with Crippen molar-refractivity contribution in [2.75, 3.05) is 18.7 Å². The summed E-state index contributed by atoms with van der Waals surface area (Å²) in [6, 6.07) is 12.1. The van der Waals surface area contributed by atoms with E-state index in [0.29, 0.717) is 6.54 Å². The number of aromatic amines is 1. The molecule has 6 rings (SSSR count). The second-order valence-corrected chi connectivity index (χ2v) is 8.98. The van der Waals surface area contributed by atoms with E-state index in [1.165, 1.54) is 5.56 Å². The van der Waals surface area contributed by atoms with Gasteiger partial charge in [0.25, 0.3) is 0 Å². The minimum Gasteiger partial charge on any atom is -0.454 e. The van der Waals surface area contributed by atoms with Crippen LogP contribution < -0.4 is 14.8 Å². The van der Waals surface area contributed by atoms with Crippen molar-refractivity contribution in [3.8, 4) is 11.5 Å². The SMILES string of the molecule is CC(Cc1ccc2c(c1)OCO2)C(Nc1ccc2nc[nH]c2c1)c1nnnn1CC1CCCO1. The fourth-order valence-electron chi connectivity index (χ4n) is 4.77. The maximum atomic E-state index is 5.84. The average molecular weight is 462 g/mol. The molecular formula is C24H27N7O3. The van der Waals surface area contributed by atoms with Gasteiger partial charge in [0, 0.05) is 12.3 Å². The molecule has 0 radical (unpaired) electrons. The predicted molar refractivity (Wildman–Crippen MR) is 125 cm³/mol. The molecule has 34 heavy (non-hydrogen) atoms. The van der Waals surface area contributed by atoms with E-state index in [1.807, 2.05) is 22.9 Å². The highest BCUT2D eigenvalue weighted by atomic mass is 16.7. The van der Waals surface area contributed by atoms with Gasteiger partial charge in [-0.1, -0.05) is 13.0 Å². The Labute approximate surface area is 196 Å². The van der Waals surface area contributed by atoms with E-state index < -0.39 is 0 Å². The van der Waals surface area contributed by atoms with Gasteiger partial charge in [-0.3, -0.25) is 0 Å². The summed E-state index contributed by atoms with van der Waals surface area (Å²) in [5, 5.41) is 16.5. The van der Waals surface area contributed by atoms with Gasteiger partial charge in [0.05, 0.1) is 36.1 Å². The molecule has 2 N–H and O–H groups in total. The molecule has 2 aromatic heterocycles. The number of aromatic nitrogens is 6. The molecule has 2 aliphatic heterocycles. The molecule has 0 aliphatic carbocycles. The van der Waals surface area contributed by atoms with Crippen LogP contribution in [0.4, 0.5) is 5.69 Å². The molecule has 10 nitrogen and oxygen atoms in total. The van der Waals surface area contributed by atoms with Gasteiger partial charge in [0.1, 0.15) is 0 Å². The molecule has 10 heteroatoms. The van der Waals surface area contributed by atoms with Gasteiger partial charge in [-0.15, -0.1) is 5.10 Å². The standard InChI is InChI=1S/C24H27N7O3/c1-15(9-16-4-7-21-22(10-16)34-14-33-21)23(27-17-5-6-19-20(11-17)26-13-25-19)24-28-29-30-31(24)12-18-3-2-8-32-18/h4-7,10-11,13,15,18,23,27H,2-3,8-9,12,14H2,1H3,(H,25,26). The van der Waals surface area contributed by atoms with Crippen molar-refractivity contribution in [1.82, 2.24) is 30.2 Å². The molecule has 0 spiro atoms. The molecule has 1 fully saturated rings. The number of hydrogen-bond acceptors (Lipinski definition) is 8. The molecular weight excluding hydrogens is 434 g/mol. The van der Waals surface area contributed by atoms with Crippen LogP contribution in [-0.2, 0) is 17.7 Å². The van der Waals surface area contributed by atoms with Crippen LogP contribution in [0.1, 0.15) is 37.2 Å². The average Bonchev–Trinajstić information content (AvgIpc) is 3.65. The maximum absolute atomic E-state index is 5.84. The Hall–Kier alpha value is -3.66. The van der Waals surface area contributed by atoms with Gasteiger partial charge in [-0.05, 0) is 71.5 Å². The van der Waals surface area contributed by atoms with Crippen LogP contribution in [0, 0.1) is 5.92 Å². The van der Waals surface area contributed by atoms with Crippen molar-refractivity contribution in [2.24, 2.45) is 5.92 Å². The summed E-state index contributed by atoms with van der Waals surface area (Å²) in [7, 11) is 0. The predicted octanol–water partition coefficient (Wildman–Crippen LogP) is 3.49. The first-order chi connectivity index (χ1) is 16.7. The van der Waals surface area contributed by atoms with Crippen molar-refractivity contribution in [2.45, 2.75) is 44.9 Å². The lowest BCUT2D eigenvalue weighted by molar-refractivity contribution is 0.0921. The number of tetrazole rings is 1. The highest BCUT2D eigenvalue weighted by molar-refractivity contribution is 5.78. The Balaban J connectivity index is 1.29. The van der Waals surface area contributed by atoms with Gasteiger partial charge in [-0.2, -0.15) is 0 Å². The Morgan fingerprint density at radius 1 is 1.18 bits per heavy atom. The van der Waals surface area contributed by atoms with Crippen LogP contribution in [0.25, 0.3) is 11.0 Å². The Morgan fingerprint density at radius 2 is 2.12 bits per heavy atom. The first-order valence-electron chi connectivity index (χ1n) is 11.7. The van der Waals surface area contributed by atoms with Crippen LogP contribution in [-0.4, -0.2) is 49.7 Å². The second-order valence-electron chi connectivity index (χ2n) is 8.98. The van der Waals surface area contributed by atoms with Gasteiger partial charge in [0.15, 0.2) is 17.3 Å². The zero-order valence-electron chi connectivity index (χ0n) is 19.0. The quantitative estimate of drug-likeness (QED) is 0.410. The van der Waals surface area contributed by atoms with Gasteiger partial charge in [0.2, 0.25) is 6.79 Å². The minimum absolute atomic E-state index is 0.123. The van der Waals surface area contributed by atoms with E-state index in [-0.39, 0.29) is 24.9 Å². The van der Waals surface area contributed by atoms with Crippen molar-refractivity contribution in [3.05, 3.63) is 54.1 Å². The van der Waals surface area contributed by atoms with Crippen molar-refractivity contribution < 1.29 is 14.2 Å². The number of ether oxygens (including phenoxy) is 3. The first-order valence-corrected chi connectivity index (χ1v) is 11.7. The summed E-state index contributed by atoms with van der Waals surface area (Å²) in [6.45, 7) is 3.93. The largest absolute Gasteiger partial charge is 0.454 e. The van der Waals surface area contributed by atoms with Crippen LogP contribution in [0.3, 0.4) is 0 Å². The molecule has 176 valence electrons. The van der Waals surface area contributed by atoms with Crippen molar-refractivity contribution >= 4 is 16.7 Å². The van der Waals surface area contributed by atoms with E-state index in [9.17, 15) is 0 Å². The zero-order valence-corrected chi connectivity index (χ0v) is 19.0. The summed E-state index contributed by atoms with van der Waals surface area (Å²) in [6.07, 6.45) is 4.77. The highest BCUT2D eigenvalue weighted by Gasteiger charge is 2.28. The zero-order chi connectivity index (χ0) is 22.9. The van der Waals surface area contributed by atoms with Gasteiger partial charge < -0.3 is 24.5 Å². The number of fused-ring (bicyclic) bond motifs is 2. The second kappa shape index (κ2) is 8.94. The van der Waals surface area contributed by atoms with Crippen LogP contribution >= 0.6 is 0 Å². The normalized spacial score (nSPS) is 18.9. The molecule has 2 aliphatic rings. The fourth-order valence-corrected chi connectivity index (χ4v) is 4.77. The molecule has 2 aromatic carbocycles. The summed E-state index contributed by atoms with van der Waals surface area (Å²) in [4.78, 5) is 7.51. The third kappa shape index (κ3) is 4.16. The molecule has 4 aromatic rings. The monoisotopic (exact) mass is 461 g/mol. The number of anilines is 1. The van der Waals surface area contributed by atoms with Gasteiger partial charge >= 0.3 is 0 Å². The fraction of sp³-hybridized carbons (Fsp3) is 0.417. The molecule has 3 atom stereocenters. The van der Waals surface area contributed by atoms with E-state index >= 15 is 0 Å². The minimum atomic E-state index is -0.123. The lowest BCUT2D eigenvalue weighted by Crippen LogP contribution is -2.27.